The molecule has 1 saturated heterocycles. The van der Waals surface area contributed by atoms with Crippen LogP contribution in [-0.2, 0) is 6.54 Å². The second kappa shape index (κ2) is 9.02. The molecule has 2 heterocycles. The molecule has 0 unspecified atom stereocenters. The van der Waals surface area contributed by atoms with Crippen LogP contribution in [0.3, 0.4) is 0 Å². The van der Waals surface area contributed by atoms with Crippen molar-refractivity contribution in [1.29, 1.82) is 0 Å². The number of carbonyl (C=O) groups is 1. The molecule has 1 fully saturated rings. The van der Waals surface area contributed by atoms with Crippen molar-refractivity contribution in [1.82, 2.24) is 9.80 Å². The van der Waals surface area contributed by atoms with E-state index in [1.54, 1.807) is 11.3 Å². The molecule has 1 amide bonds. The zero-order valence-corrected chi connectivity index (χ0v) is 15.6. The van der Waals surface area contributed by atoms with E-state index in [4.69, 9.17) is 4.74 Å². The van der Waals surface area contributed by atoms with Gasteiger partial charge < -0.3 is 9.64 Å². The summed E-state index contributed by atoms with van der Waals surface area (Å²) in [5.74, 6) is 0.959. The predicted molar refractivity (Wildman–Crippen MR) is 102 cm³/mol. The number of carbonyl (C=O) groups excluding carboxylic acids is 1. The summed E-state index contributed by atoms with van der Waals surface area (Å²) in [6.07, 6.45) is 2.17. The number of thiophene rings is 1. The van der Waals surface area contributed by atoms with Crippen LogP contribution in [0.25, 0.3) is 0 Å². The van der Waals surface area contributed by atoms with Gasteiger partial charge in [-0.05, 0) is 53.1 Å². The van der Waals surface area contributed by atoms with E-state index >= 15 is 0 Å². The average Bonchev–Trinajstić information content (AvgIpc) is 3.16. The van der Waals surface area contributed by atoms with Crippen molar-refractivity contribution in [3.63, 3.8) is 0 Å². The van der Waals surface area contributed by atoms with Gasteiger partial charge in [-0.1, -0.05) is 13.3 Å². The van der Waals surface area contributed by atoms with Crippen LogP contribution in [0.4, 0.5) is 0 Å². The van der Waals surface area contributed by atoms with Gasteiger partial charge in [0, 0.05) is 38.3 Å². The summed E-state index contributed by atoms with van der Waals surface area (Å²) in [6, 6.07) is 9.72. The van der Waals surface area contributed by atoms with Crippen LogP contribution in [0.15, 0.2) is 41.1 Å². The number of amides is 1. The second-order valence-electron chi connectivity index (χ2n) is 6.43. The Kier molecular flexibility index (Phi) is 6.48. The molecule has 2 aromatic rings. The number of nitrogens with zero attached hydrogens (tertiary/aromatic N) is 2. The molecule has 5 heteroatoms. The molecule has 4 nitrogen and oxygen atoms in total. The summed E-state index contributed by atoms with van der Waals surface area (Å²) in [4.78, 5) is 17.0. The quantitative estimate of drug-likeness (QED) is 0.704. The highest BCUT2D eigenvalue weighted by molar-refractivity contribution is 7.07. The summed E-state index contributed by atoms with van der Waals surface area (Å²) < 4.78 is 5.66. The lowest BCUT2D eigenvalue weighted by Crippen LogP contribution is -2.48. The molecule has 0 N–H and O–H groups in total. The lowest BCUT2D eigenvalue weighted by Gasteiger charge is -2.34. The first-order valence-corrected chi connectivity index (χ1v) is 9.96. The number of piperazine rings is 1. The SMILES string of the molecule is CCCCOc1ccc(C(=O)N2CCN(Cc3ccsc3)CC2)cc1. The van der Waals surface area contributed by atoms with Gasteiger partial charge in [-0.15, -0.1) is 0 Å². The highest BCUT2D eigenvalue weighted by Gasteiger charge is 2.22. The van der Waals surface area contributed by atoms with Crippen LogP contribution >= 0.6 is 11.3 Å². The number of ether oxygens (including phenoxy) is 1. The Labute approximate surface area is 154 Å². The molecule has 134 valence electrons. The molecule has 25 heavy (non-hydrogen) atoms. The first-order chi connectivity index (χ1) is 12.3. The van der Waals surface area contributed by atoms with E-state index in [-0.39, 0.29) is 5.91 Å². The average molecular weight is 359 g/mol. The van der Waals surface area contributed by atoms with Crippen LogP contribution < -0.4 is 4.74 Å². The Morgan fingerprint density at radius 3 is 2.52 bits per heavy atom. The number of rotatable bonds is 7. The fraction of sp³-hybridized carbons (Fsp3) is 0.450. The third-order valence-corrected chi connectivity index (χ3v) is 5.25. The molecule has 1 aromatic carbocycles. The van der Waals surface area contributed by atoms with Gasteiger partial charge in [0.15, 0.2) is 0 Å². The highest BCUT2D eigenvalue weighted by Crippen LogP contribution is 2.16. The maximum atomic E-state index is 12.7. The Balaban J connectivity index is 1.48. The fourth-order valence-electron chi connectivity index (χ4n) is 2.96. The van der Waals surface area contributed by atoms with Crippen LogP contribution in [-0.4, -0.2) is 48.5 Å². The zero-order chi connectivity index (χ0) is 17.5. The first kappa shape index (κ1) is 18.0. The van der Waals surface area contributed by atoms with Crippen LogP contribution in [0.5, 0.6) is 5.75 Å². The predicted octanol–water partition coefficient (Wildman–Crippen LogP) is 3.89. The van der Waals surface area contributed by atoms with Crippen molar-refractivity contribution in [2.45, 2.75) is 26.3 Å². The van der Waals surface area contributed by atoms with Gasteiger partial charge in [0.05, 0.1) is 6.61 Å². The molecular weight excluding hydrogens is 332 g/mol. The summed E-state index contributed by atoms with van der Waals surface area (Å²) in [5.41, 5.74) is 2.11. The van der Waals surface area contributed by atoms with Gasteiger partial charge in [0.2, 0.25) is 0 Å². The van der Waals surface area contributed by atoms with Crippen molar-refractivity contribution >= 4 is 17.2 Å². The van der Waals surface area contributed by atoms with Crippen molar-refractivity contribution < 1.29 is 9.53 Å². The lowest BCUT2D eigenvalue weighted by molar-refractivity contribution is 0.0628. The molecular formula is C20H26N2O2S. The van der Waals surface area contributed by atoms with E-state index in [2.05, 4.69) is 28.7 Å². The van der Waals surface area contributed by atoms with Crippen molar-refractivity contribution in [3.05, 3.63) is 52.2 Å². The molecule has 1 aliphatic heterocycles. The maximum absolute atomic E-state index is 12.7. The highest BCUT2D eigenvalue weighted by atomic mass is 32.1. The summed E-state index contributed by atoms with van der Waals surface area (Å²) in [5, 5.41) is 4.31. The topological polar surface area (TPSA) is 32.8 Å². The largest absolute Gasteiger partial charge is 0.494 e. The van der Waals surface area contributed by atoms with Gasteiger partial charge in [0.1, 0.15) is 5.75 Å². The molecule has 3 rings (SSSR count). The smallest absolute Gasteiger partial charge is 0.253 e. The first-order valence-electron chi connectivity index (χ1n) is 9.02. The van der Waals surface area contributed by atoms with Gasteiger partial charge in [-0.25, -0.2) is 0 Å². The molecule has 1 aliphatic rings. The third-order valence-electron chi connectivity index (χ3n) is 4.51. The van der Waals surface area contributed by atoms with Crippen LogP contribution in [0.1, 0.15) is 35.7 Å². The van der Waals surface area contributed by atoms with E-state index in [1.165, 1.54) is 5.56 Å². The van der Waals surface area contributed by atoms with Gasteiger partial charge >= 0.3 is 0 Å². The second-order valence-corrected chi connectivity index (χ2v) is 7.21. The zero-order valence-electron chi connectivity index (χ0n) is 14.8. The Morgan fingerprint density at radius 2 is 1.88 bits per heavy atom. The number of hydrogen-bond donors (Lipinski definition) is 0. The van der Waals surface area contributed by atoms with Gasteiger partial charge in [0.25, 0.3) is 5.91 Å². The van der Waals surface area contributed by atoms with E-state index < -0.39 is 0 Å². The van der Waals surface area contributed by atoms with Crippen LogP contribution in [0, 0.1) is 0 Å². The monoisotopic (exact) mass is 358 g/mol. The number of benzene rings is 1. The molecule has 0 bridgehead atoms. The Bertz CT molecular complexity index is 647. The number of hydrogen-bond acceptors (Lipinski definition) is 4. The minimum absolute atomic E-state index is 0.121. The van der Waals surface area contributed by atoms with E-state index in [0.717, 1.165) is 63.5 Å². The Morgan fingerprint density at radius 1 is 1.12 bits per heavy atom. The molecule has 0 aliphatic carbocycles. The van der Waals surface area contributed by atoms with Crippen molar-refractivity contribution in [2.24, 2.45) is 0 Å². The normalized spacial score (nSPS) is 15.3. The molecule has 0 atom stereocenters. The lowest BCUT2D eigenvalue weighted by atomic mass is 10.1. The van der Waals surface area contributed by atoms with Crippen molar-refractivity contribution in [2.75, 3.05) is 32.8 Å². The molecule has 1 aromatic heterocycles. The molecule has 0 spiro atoms. The number of unbranched alkanes of at least 4 members (excludes halogenated alkanes) is 1. The molecule has 0 saturated carbocycles. The Hall–Kier alpha value is -1.85. The van der Waals surface area contributed by atoms with Gasteiger partial charge in [-0.3, -0.25) is 9.69 Å². The van der Waals surface area contributed by atoms with E-state index in [9.17, 15) is 4.79 Å². The standard InChI is InChI=1S/C20H26N2O2S/c1-2-3-13-24-19-6-4-18(5-7-19)20(23)22-11-9-21(10-12-22)15-17-8-14-25-16-17/h4-8,14,16H,2-3,9-13,15H2,1H3. The summed E-state index contributed by atoms with van der Waals surface area (Å²) >= 11 is 1.74. The van der Waals surface area contributed by atoms with Crippen LogP contribution in [0.2, 0.25) is 0 Å². The summed E-state index contributed by atoms with van der Waals surface area (Å²) in [7, 11) is 0. The van der Waals surface area contributed by atoms with E-state index in [1.807, 2.05) is 29.2 Å². The fourth-order valence-corrected chi connectivity index (χ4v) is 3.62. The van der Waals surface area contributed by atoms with Crippen molar-refractivity contribution in [3.8, 4) is 5.75 Å². The minimum atomic E-state index is 0.121. The minimum Gasteiger partial charge on any atom is -0.494 e. The van der Waals surface area contributed by atoms with Gasteiger partial charge in [-0.2, -0.15) is 11.3 Å². The summed E-state index contributed by atoms with van der Waals surface area (Å²) in [6.45, 7) is 7.30. The third kappa shape index (κ3) is 5.06. The maximum Gasteiger partial charge on any atom is 0.253 e. The molecule has 0 radical (unpaired) electrons. The van der Waals surface area contributed by atoms with E-state index in [0.29, 0.717) is 0 Å².